The Bertz CT molecular complexity index is 1150. The Hall–Kier alpha value is -3.73. The Labute approximate surface area is 194 Å². The molecule has 0 aliphatic carbocycles. The van der Waals surface area contributed by atoms with Crippen LogP contribution in [-0.4, -0.2) is 37.3 Å². The fraction of sp³-hybridized carbons (Fsp3) is 0.273. The molecule has 2 amide bonds. The number of nitrogens with zero attached hydrogens (tertiary/aromatic N) is 4. The number of rotatable bonds is 9. The molecule has 0 aliphatic heterocycles. The summed E-state index contributed by atoms with van der Waals surface area (Å²) in [5.74, 6) is 0.0178. The molecule has 0 saturated carbocycles. The Morgan fingerprint density at radius 1 is 1.12 bits per heavy atom. The fourth-order valence-electron chi connectivity index (χ4n) is 3.09. The summed E-state index contributed by atoms with van der Waals surface area (Å²) in [5, 5.41) is 25.6. The number of thioether (sulfide) groups is 1. The van der Waals surface area contributed by atoms with Gasteiger partial charge >= 0.3 is 0 Å². The van der Waals surface area contributed by atoms with Crippen molar-refractivity contribution in [2.45, 2.75) is 25.0 Å². The number of carbonyl (C=O) groups is 2. The number of hydrogen-bond acceptors (Lipinski definition) is 7. The van der Waals surface area contributed by atoms with E-state index in [1.165, 1.54) is 36.0 Å². The van der Waals surface area contributed by atoms with Crippen LogP contribution in [0.3, 0.4) is 0 Å². The van der Waals surface area contributed by atoms with E-state index in [0.29, 0.717) is 16.7 Å². The van der Waals surface area contributed by atoms with Crippen molar-refractivity contribution >= 4 is 35.0 Å². The summed E-state index contributed by atoms with van der Waals surface area (Å²) in [4.78, 5) is 35.5. The van der Waals surface area contributed by atoms with Gasteiger partial charge in [-0.05, 0) is 24.1 Å². The van der Waals surface area contributed by atoms with Crippen molar-refractivity contribution in [3.63, 3.8) is 0 Å². The van der Waals surface area contributed by atoms with Gasteiger partial charge in [0.2, 0.25) is 5.91 Å². The Morgan fingerprint density at radius 3 is 2.52 bits per heavy atom. The summed E-state index contributed by atoms with van der Waals surface area (Å²) < 4.78 is 1.73. The Morgan fingerprint density at radius 2 is 1.85 bits per heavy atom. The van der Waals surface area contributed by atoms with Crippen LogP contribution in [0.4, 0.5) is 11.4 Å². The molecule has 0 bridgehead atoms. The summed E-state index contributed by atoms with van der Waals surface area (Å²) in [6.45, 7) is 3.85. The molecule has 0 saturated heterocycles. The molecule has 0 unspecified atom stereocenters. The largest absolute Gasteiger partial charge is 0.342 e. The van der Waals surface area contributed by atoms with Crippen LogP contribution in [0.25, 0.3) is 0 Å². The predicted molar refractivity (Wildman–Crippen MR) is 125 cm³/mol. The highest BCUT2D eigenvalue weighted by Gasteiger charge is 2.26. The van der Waals surface area contributed by atoms with Crippen LogP contribution in [0.15, 0.2) is 59.8 Å². The lowest BCUT2D eigenvalue weighted by molar-refractivity contribution is -0.384. The van der Waals surface area contributed by atoms with Gasteiger partial charge in [-0.25, -0.2) is 0 Å². The number of non-ortho nitro benzene ring substituents is 1. The summed E-state index contributed by atoms with van der Waals surface area (Å²) in [7, 11) is 1.77. The summed E-state index contributed by atoms with van der Waals surface area (Å²) >= 11 is 1.23. The van der Waals surface area contributed by atoms with Gasteiger partial charge in [0.25, 0.3) is 11.6 Å². The quantitative estimate of drug-likeness (QED) is 0.279. The van der Waals surface area contributed by atoms with Gasteiger partial charge in [0.1, 0.15) is 0 Å². The lowest BCUT2D eigenvalue weighted by Crippen LogP contribution is -2.33. The van der Waals surface area contributed by atoms with Gasteiger partial charge in [0, 0.05) is 30.4 Å². The zero-order valence-corrected chi connectivity index (χ0v) is 19.2. The molecule has 0 spiro atoms. The van der Waals surface area contributed by atoms with Gasteiger partial charge in [0.15, 0.2) is 11.0 Å². The molecule has 1 atom stereocenters. The number of hydrogen-bond donors (Lipinski definition) is 2. The van der Waals surface area contributed by atoms with E-state index in [0.717, 1.165) is 0 Å². The van der Waals surface area contributed by atoms with Crippen molar-refractivity contribution in [3.8, 4) is 0 Å². The number of para-hydroxylation sites is 1. The van der Waals surface area contributed by atoms with Gasteiger partial charge in [0.05, 0.1) is 16.7 Å². The number of nitrogens with one attached hydrogen (secondary N) is 2. The molecule has 1 aromatic heterocycles. The average molecular weight is 469 g/mol. The molecule has 0 fully saturated rings. The zero-order chi connectivity index (χ0) is 24.0. The van der Waals surface area contributed by atoms with E-state index in [1.807, 2.05) is 32.0 Å². The fourth-order valence-corrected chi connectivity index (χ4v) is 3.80. The normalized spacial score (nSPS) is 11.8. The van der Waals surface area contributed by atoms with Crippen molar-refractivity contribution in [1.29, 1.82) is 0 Å². The number of nitro benzene ring substituents is 1. The van der Waals surface area contributed by atoms with E-state index in [4.69, 9.17) is 0 Å². The maximum absolute atomic E-state index is 12.8. The number of carbonyl (C=O) groups excluding carboxylic acids is 2. The first-order chi connectivity index (χ1) is 15.8. The minimum Gasteiger partial charge on any atom is -0.342 e. The highest BCUT2D eigenvalue weighted by atomic mass is 32.2. The number of anilines is 1. The molecular formula is C22H24N6O4S. The summed E-state index contributed by atoms with van der Waals surface area (Å²) in [5.41, 5.74) is 0.740. The lowest BCUT2D eigenvalue weighted by atomic mass is 10.0. The molecule has 11 heteroatoms. The van der Waals surface area contributed by atoms with Crippen molar-refractivity contribution < 1.29 is 14.5 Å². The molecule has 3 aromatic rings. The van der Waals surface area contributed by atoms with E-state index in [2.05, 4.69) is 20.8 Å². The van der Waals surface area contributed by atoms with E-state index < -0.39 is 16.9 Å². The van der Waals surface area contributed by atoms with Crippen molar-refractivity contribution in [2.24, 2.45) is 13.0 Å². The van der Waals surface area contributed by atoms with Gasteiger partial charge < -0.3 is 15.2 Å². The Kier molecular flexibility index (Phi) is 7.78. The molecule has 2 aromatic carbocycles. The van der Waals surface area contributed by atoms with Crippen LogP contribution in [0, 0.1) is 16.0 Å². The molecule has 3 rings (SSSR count). The minimum absolute atomic E-state index is 0.0326. The molecule has 1 heterocycles. The molecule has 0 radical (unpaired) electrons. The van der Waals surface area contributed by atoms with Crippen LogP contribution < -0.4 is 10.6 Å². The SMILES string of the molecule is CC(C)[C@H](NC(=O)c1cccc([N+](=O)[O-])c1)c1nnc(SCC(=O)Nc2ccccc2)n1C. The molecule has 33 heavy (non-hydrogen) atoms. The van der Waals surface area contributed by atoms with E-state index in [9.17, 15) is 19.7 Å². The second-order valence-electron chi connectivity index (χ2n) is 7.61. The minimum atomic E-state index is -0.545. The zero-order valence-electron chi connectivity index (χ0n) is 18.4. The standard InChI is InChI=1S/C22H24N6O4S/c1-14(2)19(24-21(30)15-8-7-11-17(12-15)28(31)32)20-25-26-22(27(20)3)33-13-18(29)23-16-9-5-4-6-10-16/h4-12,14,19H,13H2,1-3H3,(H,23,29)(H,24,30)/t19-/m0/s1. The van der Waals surface area contributed by atoms with Crippen LogP contribution in [-0.2, 0) is 11.8 Å². The highest BCUT2D eigenvalue weighted by molar-refractivity contribution is 7.99. The van der Waals surface area contributed by atoms with Crippen LogP contribution in [0.2, 0.25) is 0 Å². The smallest absolute Gasteiger partial charge is 0.270 e. The van der Waals surface area contributed by atoms with Crippen LogP contribution in [0.5, 0.6) is 0 Å². The molecule has 172 valence electrons. The third kappa shape index (κ3) is 6.16. The molecule has 0 aliphatic rings. The molecule has 2 N–H and O–H groups in total. The van der Waals surface area contributed by atoms with Crippen LogP contribution >= 0.6 is 11.8 Å². The number of aromatic nitrogens is 3. The first kappa shape index (κ1) is 23.9. The summed E-state index contributed by atoms with van der Waals surface area (Å²) in [6.07, 6.45) is 0. The first-order valence-corrected chi connectivity index (χ1v) is 11.2. The molecular weight excluding hydrogens is 444 g/mol. The number of nitro groups is 1. The van der Waals surface area contributed by atoms with Gasteiger partial charge in [-0.3, -0.25) is 19.7 Å². The lowest BCUT2D eigenvalue weighted by Gasteiger charge is -2.21. The maximum atomic E-state index is 12.8. The van der Waals surface area contributed by atoms with Crippen molar-refractivity contribution in [2.75, 3.05) is 11.1 Å². The average Bonchev–Trinajstić information content (AvgIpc) is 3.16. The summed E-state index contributed by atoms with van der Waals surface area (Å²) in [6, 6.07) is 14.2. The van der Waals surface area contributed by atoms with Gasteiger partial charge in [-0.2, -0.15) is 0 Å². The third-order valence-corrected chi connectivity index (χ3v) is 5.83. The van der Waals surface area contributed by atoms with Gasteiger partial charge in [-0.15, -0.1) is 10.2 Å². The topological polar surface area (TPSA) is 132 Å². The van der Waals surface area contributed by atoms with Crippen LogP contribution in [0.1, 0.15) is 36.1 Å². The number of amides is 2. The Balaban J connectivity index is 1.69. The second-order valence-corrected chi connectivity index (χ2v) is 8.55. The third-order valence-electron chi connectivity index (χ3n) is 4.81. The van der Waals surface area contributed by atoms with Crippen molar-refractivity contribution in [3.05, 3.63) is 76.1 Å². The van der Waals surface area contributed by atoms with E-state index in [1.54, 1.807) is 23.7 Å². The monoisotopic (exact) mass is 468 g/mol. The highest BCUT2D eigenvalue weighted by Crippen LogP contribution is 2.25. The maximum Gasteiger partial charge on any atom is 0.270 e. The van der Waals surface area contributed by atoms with E-state index >= 15 is 0 Å². The molecule has 10 nitrogen and oxygen atoms in total. The second kappa shape index (κ2) is 10.7. The van der Waals surface area contributed by atoms with Gasteiger partial charge in [-0.1, -0.05) is 49.9 Å². The predicted octanol–water partition coefficient (Wildman–Crippen LogP) is 3.58. The van der Waals surface area contributed by atoms with Crippen molar-refractivity contribution in [1.82, 2.24) is 20.1 Å². The first-order valence-electron chi connectivity index (χ1n) is 10.2. The number of benzene rings is 2. The van der Waals surface area contributed by atoms with E-state index in [-0.39, 0.29) is 28.8 Å².